The Morgan fingerprint density at radius 1 is 1.32 bits per heavy atom. The van der Waals surface area contributed by atoms with Crippen LogP contribution in [0.1, 0.15) is 12.8 Å². The third kappa shape index (κ3) is 6.12. The minimum atomic E-state index is -0.674. The molecule has 0 aliphatic carbocycles. The molecule has 1 N–H and O–H groups in total. The molecule has 106 valence electrons. The first-order valence-electron chi connectivity index (χ1n) is 5.93. The van der Waals surface area contributed by atoms with Gasteiger partial charge < -0.3 is 19.5 Å². The summed E-state index contributed by atoms with van der Waals surface area (Å²) in [5.74, 6) is -1.55. The summed E-state index contributed by atoms with van der Waals surface area (Å²) >= 11 is 0. The van der Waals surface area contributed by atoms with Gasteiger partial charge in [0.2, 0.25) is 5.91 Å². The minimum Gasteiger partial charge on any atom is -0.386 e. The van der Waals surface area contributed by atoms with Crippen molar-refractivity contribution in [3.05, 3.63) is 11.6 Å². The Kier molecular flexibility index (Phi) is 6.76. The molecule has 0 unspecified atom stereocenters. The number of cyclic esters (lactones) is 2. The lowest BCUT2D eigenvalue weighted by Crippen LogP contribution is -2.27. The number of methoxy groups -OCH3 is 1. The van der Waals surface area contributed by atoms with Crippen LogP contribution in [0, 0.1) is 0 Å². The fraction of sp³-hybridized carbons (Fsp3) is 0.583. The van der Waals surface area contributed by atoms with Crippen LogP contribution in [-0.4, -0.2) is 51.3 Å². The minimum absolute atomic E-state index is 0.131. The zero-order valence-corrected chi connectivity index (χ0v) is 10.8. The molecule has 19 heavy (non-hydrogen) atoms. The molecule has 0 bridgehead atoms. The summed E-state index contributed by atoms with van der Waals surface area (Å²) < 4.78 is 14.3. The van der Waals surface area contributed by atoms with E-state index >= 15 is 0 Å². The largest absolute Gasteiger partial charge is 0.386 e. The van der Waals surface area contributed by atoms with E-state index in [1.54, 1.807) is 7.11 Å². The Morgan fingerprint density at radius 2 is 2.11 bits per heavy atom. The summed E-state index contributed by atoms with van der Waals surface area (Å²) in [7, 11) is 1.58. The molecule has 0 saturated carbocycles. The molecular weight excluding hydrogens is 254 g/mol. The van der Waals surface area contributed by atoms with Gasteiger partial charge >= 0.3 is 11.9 Å². The number of rotatable bonds is 9. The van der Waals surface area contributed by atoms with Crippen LogP contribution < -0.4 is 5.32 Å². The number of nitrogens with one attached hydrogen (secondary N) is 1. The normalized spacial score (nSPS) is 14.3. The number of esters is 2. The van der Waals surface area contributed by atoms with Gasteiger partial charge in [-0.3, -0.25) is 4.79 Å². The molecule has 1 amide bonds. The van der Waals surface area contributed by atoms with E-state index in [4.69, 9.17) is 9.47 Å². The molecular formula is C12H17NO6. The first-order valence-corrected chi connectivity index (χ1v) is 5.93. The van der Waals surface area contributed by atoms with Crippen molar-refractivity contribution in [2.24, 2.45) is 0 Å². The highest BCUT2D eigenvalue weighted by Gasteiger charge is 2.23. The Labute approximate surface area is 110 Å². The summed E-state index contributed by atoms with van der Waals surface area (Å²) in [5.41, 5.74) is 0.233. The van der Waals surface area contributed by atoms with Crippen LogP contribution in [0.4, 0.5) is 0 Å². The van der Waals surface area contributed by atoms with E-state index in [1.807, 2.05) is 0 Å². The van der Waals surface area contributed by atoms with Crippen molar-refractivity contribution in [3.8, 4) is 0 Å². The van der Waals surface area contributed by atoms with Gasteiger partial charge in [-0.05, 0) is 6.42 Å². The zero-order valence-electron chi connectivity index (χ0n) is 10.8. The number of ether oxygens (including phenoxy) is 3. The molecule has 0 aromatic heterocycles. The molecule has 7 nitrogen and oxygen atoms in total. The van der Waals surface area contributed by atoms with E-state index in [9.17, 15) is 14.4 Å². The smallest absolute Gasteiger partial charge is 0.342 e. The Bertz CT molecular complexity index is 376. The number of hydrogen-bond donors (Lipinski definition) is 1. The first kappa shape index (κ1) is 15.3. The predicted octanol–water partition coefficient (Wildman–Crippen LogP) is -0.444. The molecule has 1 heterocycles. The molecule has 1 rings (SSSR count). The molecule has 0 spiro atoms. The molecule has 1 aliphatic heterocycles. The van der Waals surface area contributed by atoms with Gasteiger partial charge in [0, 0.05) is 31.7 Å². The fourth-order valence-corrected chi connectivity index (χ4v) is 1.41. The fourth-order valence-electron chi connectivity index (χ4n) is 1.41. The standard InChI is InChI=1S/C12H17NO6/c1-17-6-7-18-5-4-13-10(14)3-2-9-8-11(15)19-12(9)16/h8H,2-7H2,1H3,(H,13,14). The highest BCUT2D eigenvalue weighted by atomic mass is 16.6. The zero-order chi connectivity index (χ0) is 14.1. The third-order valence-corrected chi connectivity index (χ3v) is 2.37. The Hall–Kier alpha value is -1.73. The predicted molar refractivity (Wildman–Crippen MR) is 64.1 cm³/mol. The van der Waals surface area contributed by atoms with Crippen molar-refractivity contribution in [2.45, 2.75) is 12.8 Å². The third-order valence-electron chi connectivity index (χ3n) is 2.37. The molecule has 1 aliphatic rings. The van der Waals surface area contributed by atoms with Crippen LogP contribution in [0.25, 0.3) is 0 Å². The molecule has 0 atom stereocenters. The van der Waals surface area contributed by atoms with Gasteiger partial charge in [-0.2, -0.15) is 0 Å². The van der Waals surface area contributed by atoms with Crippen molar-refractivity contribution in [3.63, 3.8) is 0 Å². The maximum Gasteiger partial charge on any atom is 0.342 e. The van der Waals surface area contributed by atoms with E-state index in [0.29, 0.717) is 26.4 Å². The van der Waals surface area contributed by atoms with Crippen molar-refractivity contribution in [1.82, 2.24) is 5.32 Å². The van der Waals surface area contributed by atoms with Crippen molar-refractivity contribution in [1.29, 1.82) is 0 Å². The second kappa shape index (κ2) is 8.39. The van der Waals surface area contributed by atoms with Crippen LogP contribution in [-0.2, 0) is 28.6 Å². The highest BCUT2D eigenvalue weighted by molar-refractivity contribution is 6.09. The average molecular weight is 271 g/mol. The van der Waals surface area contributed by atoms with Crippen LogP contribution in [0.2, 0.25) is 0 Å². The maximum absolute atomic E-state index is 11.4. The van der Waals surface area contributed by atoms with Crippen LogP contribution in [0.15, 0.2) is 11.6 Å². The average Bonchev–Trinajstić information content (AvgIpc) is 2.69. The van der Waals surface area contributed by atoms with Gasteiger partial charge in [0.1, 0.15) is 0 Å². The van der Waals surface area contributed by atoms with Gasteiger partial charge in [0.25, 0.3) is 0 Å². The number of carbonyl (C=O) groups excluding carboxylic acids is 3. The van der Waals surface area contributed by atoms with E-state index in [0.717, 1.165) is 6.08 Å². The summed E-state index contributed by atoms with van der Waals surface area (Å²) in [6.45, 7) is 1.79. The SMILES string of the molecule is COCCOCCNC(=O)CCC1=CC(=O)OC1=O. The van der Waals surface area contributed by atoms with Gasteiger partial charge in [-0.25, -0.2) is 9.59 Å². The van der Waals surface area contributed by atoms with Crippen molar-refractivity contribution < 1.29 is 28.6 Å². The topological polar surface area (TPSA) is 90.9 Å². The maximum atomic E-state index is 11.4. The second-order valence-corrected chi connectivity index (χ2v) is 3.83. The van der Waals surface area contributed by atoms with Crippen molar-refractivity contribution in [2.75, 3.05) is 33.5 Å². The van der Waals surface area contributed by atoms with Gasteiger partial charge in [0.05, 0.1) is 19.8 Å². The summed E-state index contributed by atoms with van der Waals surface area (Å²) in [6, 6.07) is 0. The van der Waals surface area contributed by atoms with Gasteiger partial charge in [-0.15, -0.1) is 0 Å². The summed E-state index contributed by atoms with van der Waals surface area (Å²) in [6.07, 6.45) is 1.44. The Balaban J connectivity index is 2.07. The number of hydrogen-bond acceptors (Lipinski definition) is 6. The lowest BCUT2D eigenvalue weighted by molar-refractivity contribution is -0.150. The monoisotopic (exact) mass is 271 g/mol. The van der Waals surface area contributed by atoms with Gasteiger partial charge in [-0.1, -0.05) is 0 Å². The first-order chi connectivity index (χ1) is 9.13. The molecule has 0 radical (unpaired) electrons. The van der Waals surface area contributed by atoms with E-state index in [2.05, 4.69) is 10.1 Å². The van der Waals surface area contributed by atoms with Crippen molar-refractivity contribution >= 4 is 17.8 Å². The molecule has 7 heteroatoms. The second-order valence-electron chi connectivity index (χ2n) is 3.83. The Morgan fingerprint density at radius 3 is 2.74 bits per heavy atom. The van der Waals surface area contributed by atoms with Crippen LogP contribution >= 0.6 is 0 Å². The highest BCUT2D eigenvalue weighted by Crippen LogP contribution is 2.13. The summed E-state index contributed by atoms with van der Waals surface area (Å²) in [4.78, 5) is 33.3. The van der Waals surface area contributed by atoms with Crippen LogP contribution in [0.5, 0.6) is 0 Å². The molecule has 0 saturated heterocycles. The lowest BCUT2D eigenvalue weighted by Gasteiger charge is -2.05. The van der Waals surface area contributed by atoms with E-state index in [-0.39, 0.29) is 24.3 Å². The molecule has 0 aromatic carbocycles. The number of carbonyl (C=O) groups is 3. The quantitative estimate of drug-likeness (QED) is 0.347. The molecule has 0 fully saturated rings. The summed E-state index contributed by atoms with van der Waals surface area (Å²) in [5, 5.41) is 2.64. The number of amides is 1. The lowest BCUT2D eigenvalue weighted by atomic mass is 10.1. The molecule has 0 aromatic rings. The van der Waals surface area contributed by atoms with E-state index in [1.165, 1.54) is 0 Å². The van der Waals surface area contributed by atoms with Crippen LogP contribution in [0.3, 0.4) is 0 Å². The van der Waals surface area contributed by atoms with Gasteiger partial charge in [0.15, 0.2) is 0 Å². The van der Waals surface area contributed by atoms with E-state index < -0.39 is 11.9 Å².